The summed E-state index contributed by atoms with van der Waals surface area (Å²) in [7, 11) is 0. The van der Waals surface area contributed by atoms with Crippen molar-refractivity contribution >= 4 is 28.1 Å². The van der Waals surface area contributed by atoms with Crippen molar-refractivity contribution in [2.45, 2.75) is 0 Å². The van der Waals surface area contributed by atoms with Crippen molar-refractivity contribution in [3.8, 4) is 17.2 Å². The first kappa shape index (κ1) is 14.4. The highest BCUT2D eigenvalue weighted by molar-refractivity contribution is 9.10. The van der Waals surface area contributed by atoms with Gasteiger partial charge in [0.15, 0.2) is 11.5 Å². The van der Waals surface area contributed by atoms with Gasteiger partial charge in [0.05, 0.1) is 10.7 Å². The van der Waals surface area contributed by atoms with Crippen molar-refractivity contribution in [1.82, 2.24) is 5.43 Å². The molecule has 0 unspecified atom stereocenters. The SMILES string of the molecule is O=C(NN=Cc1ccc(O)c(Br)c1)c1ccc2c(c1)OCO2. The van der Waals surface area contributed by atoms with Crippen molar-refractivity contribution in [1.29, 1.82) is 0 Å². The minimum atomic E-state index is -0.354. The van der Waals surface area contributed by atoms with Crippen LogP contribution >= 0.6 is 15.9 Å². The summed E-state index contributed by atoms with van der Waals surface area (Å²) in [6, 6.07) is 9.81. The van der Waals surface area contributed by atoms with Crippen LogP contribution in [0.2, 0.25) is 0 Å². The molecule has 1 heterocycles. The number of benzene rings is 2. The third-order valence-corrected chi connectivity index (χ3v) is 3.62. The van der Waals surface area contributed by atoms with Crippen LogP contribution in [0.15, 0.2) is 46.0 Å². The molecule has 3 rings (SSSR count). The molecule has 22 heavy (non-hydrogen) atoms. The van der Waals surface area contributed by atoms with Gasteiger partial charge in [-0.3, -0.25) is 4.79 Å². The third-order valence-electron chi connectivity index (χ3n) is 2.99. The van der Waals surface area contributed by atoms with E-state index in [0.29, 0.717) is 21.5 Å². The van der Waals surface area contributed by atoms with E-state index in [1.165, 1.54) is 12.3 Å². The smallest absolute Gasteiger partial charge is 0.271 e. The summed E-state index contributed by atoms with van der Waals surface area (Å²) in [6.07, 6.45) is 1.48. The molecule has 0 bridgehead atoms. The second kappa shape index (κ2) is 6.07. The summed E-state index contributed by atoms with van der Waals surface area (Å²) in [6.45, 7) is 0.161. The number of carbonyl (C=O) groups excluding carboxylic acids is 1. The number of nitrogens with zero attached hydrogens (tertiary/aromatic N) is 1. The molecule has 0 atom stereocenters. The molecule has 0 aromatic heterocycles. The Balaban J connectivity index is 1.66. The lowest BCUT2D eigenvalue weighted by Gasteiger charge is -2.02. The maximum absolute atomic E-state index is 12.0. The van der Waals surface area contributed by atoms with Crippen LogP contribution in [0.25, 0.3) is 0 Å². The van der Waals surface area contributed by atoms with Crippen LogP contribution in [0.4, 0.5) is 0 Å². The fourth-order valence-corrected chi connectivity index (χ4v) is 2.27. The third kappa shape index (κ3) is 3.04. The van der Waals surface area contributed by atoms with Gasteiger partial charge >= 0.3 is 0 Å². The molecule has 2 aromatic carbocycles. The molecule has 7 heteroatoms. The molecule has 2 N–H and O–H groups in total. The highest BCUT2D eigenvalue weighted by Gasteiger charge is 2.15. The molecule has 0 fully saturated rings. The van der Waals surface area contributed by atoms with Crippen LogP contribution in [-0.4, -0.2) is 24.0 Å². The zero-order valence-electron chi connectivity index (χ0n) is 11.2. The molecule has 6 nitrogen and oxygen atoms in total. The number of ether oxygens (including phenoxy) is 2. The Morgan fingerprint density at radius 2 is 2.05 bits per heavy atom. The predicted octanol–water partition coefficient (Wildman–Crippen LogP) is 2.65. The van der Waals surface area contributed by atoms with E-state index < -0.39 is 0 Å². The number of carbonyl (C=O) groups is 1. The van der Waals surface area contributed by atoms with Gasteiger partial charge in [-0.25, -0.2) is 5.43 Å². The van der Waals surface area contributed by atoms with E-state index in [2.05, 4.69) is 26.5 Å². The molecule has 1 aliphatic rings. The van der Waals surface area contributed by atoms with Crippen LogP contribution in [-0.2, 0) is 0 Å². The lowest BCUT2D eigenvalue weighted by molar-refractivity contribution is 0.0954. The molecule has 0 aliphatic carbocycles. The molecular weight excluding hydrogens is 352 g/mol. The summed E-state index contributed by atoms with van der Waals surface area (Å²) >= 11 is 3.21. The van der Waals surface area contributed by atoms with E-state index in [1.54, 1.807) is 30.3 Å². The molecule has 0 saturated heterocycles. The van der Waals surface area contributed by atoms with Crippen LogP contribution in [0.3, 0.4) is 0 Å². The molecule has 0 saturated carbocycles. The van der Waals surface area contributed by atoms with Crippen LogP contribution < -0.4 is 14.9 Å². The van der Waals surface area contributed by atoms with E-state index in [1.807, 2.05) is 0 Å². The summed E-state index contributed by atoms with van der Waals surface area (Å²) < 4.78 is 11.0. The highest BCUT2D eigenvalue weighted by atomic mass is 79.9. The van der Waals surface area contributed by atoms with Gasteiger partial charge in [-0.1, -0.05) is 0 Å². The van der Waals surface area contributed by atoms with Gasteiger partial charge in [-0.05, 0) is 57.9 Å². The second-order valence-corrected chi connectivity index (χ2v) is 5.33. The van der Waals surface area contributed by atoms with Gasteiger partial charge in [0, 0.05) is 5.56 Å². The van der Waals surface area contributed by atoms with Crippen molar-refractivity contribution in [2.75, 3.05) is 6.79 Å². The fraction of sp³-hybridized carbons (Fsp3) is 0.0667. The Bertz CT molecular complexity index is 761. The van der Waals surface area contributed by atoms with Crippen molar-refractivity contribution < 1.29 is 19.4 Å². The van der Waals surface area contributed by atoms with Gasteiger partial charge in [0.2, 0.25) is 6.79 Å². The van der Waals surface area contributed by atoms with Gasteiger partial charge in [-0.15, -0.1) is 0 Å². The number of rotatable bonds is 3. The van der Waals surface area contributed by atoms with E-state index in [9.17, 15) is 9.90 Å². The Morgan fingerprint density at radius 3 is 2.86 bits per heavy atom. The monoisotopic (exact) mass is 362 g/mol. The number of fused-ring (bicyclic) bond motifs is 1. The minimum absolute atomic E-state index is 0.140. The first-order valence-corrected chi connectivity index (χ1v) is 7.14. The van der Waals surface area contributed by atoms with E-state index in [-0.39, 0.29) is 18.4 Å². The van der Waals surface area contributed by atoms with Crippen LogP contribution in [0.5, 0.6) is 17.2 Å². The van der Waals surface area contributed by atoms with Crippen molar-refractivity contribution in [3.63, 3.8) is 0 Å². The first-order valence-electron chi connectivity index (χ1n) is 6.35. The topological polar surface area (TPSA) is 80.2 Å². The fourth-order valence-electron chi connectivity index (χ4n) is 1.87. The Labute approximate surface area is 134 Å². The number of phenolic OH excluding ortho intramolecular Hbond substituents is 1. The minimum Gasteiger partial charge on any atom is -0.507 e. The summed E-state index contributed by atoms with van der Waals surface area (Å²) in [5, 5.41) is 13.3. The van der Waals surface area contributed by atoms with Gasteiger partial charge in [-0.2, -0.15) is 5.10 Å². The lowest BCUT2D eigenvalue weighted by Crippen LogP contribution is -2.17. The van der Waals surface area contributed by atoms with Crippen molar-refractivity contribution in [2.24, 2.45) is 5.10 Å². The zero-order chi connectivity index (χ0) is 15.5. The summed E-state index contributed by atoms with van der Waals surface area (Å²) in [4.78, 5) is 12.0. The number of amides is 1. The highest BCUT2D eigenvalue weighted by Crippen LogP contribution is 2.32. The lowest BCUT2D eigenvalue weighted by atomic mass is 10.2. The van der Waals surface area contributed by atoms with E-state index in [0.717, 1.165) is 5.56 Å². The van der Waals surface area contributed by atoms with Crippen LogP contribution in [0, 0.1) is 0 Å². The molecule has 2 aromatic rings. The van der Waals surface area contributed by atoms with Gasteiger partial charge < -0.3 is 14.6 Å². The number of nitrogens with one attached hydrogen (secondary N) is 1. The Morgan fingerprint density at radius 1 is 1.23 bits per heavy atom. The number of phenols is 1. The van der Waals surface area contributed by atoms with E-state index in [4.69, 9.17) is 9.47 Å². The van der Waals surface area contributed by atoms with Gasteiger partial charge in [0.25, 0.3) is 5.91 Å². The molecule has 112 valence electrons. The van der Waals surface area contributed by atoms with Crippen LogP contribution in [0.1, 0.15) is 15.9 Å². The molecule has 1 amide bonds. The number of hydrogen-bond donors (Lipinski definition) is 2. The molecular formula is C15H11BrN2O4. The molecule has 0 spiro atoms. The largest absolute Gasteiger partial charge is 0.507 e. The predicted molar refractivity (Wildman–Crippen MR) is 83.4 cm³/mol. The average Bonchev–Trinajstić information content (AvgIpc) is 2.98. The Hall–Kier alpha value is -2.54. The zero-order valence-corrected chi connectivity index (χ0v) is 12.8. The van der Waals surface area contributed by atoms with Crippen molar-refractivity contribution in [3.05, 3.63) is 52.0 Å². The van der Waals surface area contributed by atoms with Gasteiger partial charge in [0.1, 0.15) is 5.75 Å². The van der Waals surface area contributed by atoms with E-state index >= 15 is 0 Å². The average molecular weight is 363 g/mol. The molecule has 0 radical (unpaired) electrons. The normalized spacial score (nSPS) is 12.6. The Kier molecular flexibility index (Phi) is 3.97. The molecule has 1 aliphatic heterocycles. The quantitative estimate of drug-likeness (QED) is 0.649. The maximum atomic E-state index is 12.0. The first-order chi connectivity index (χ1) is 10.6. The maximum Gasteiger partial charge on any atom is 0.271 e. The number of halogens is 1. The summed E-state index contributed by atoms with van der Waals surface area (Å²) in [5.41, 5.74) is 3.59. The second-order valence-electron chi connectivity index (χ2n) is 4.48. The summed E-state index contributed by atoms with van der Waals surface area (Å²) in [5.74, 6) is 0.946. The number of hydrogen-bond acceptors (Lipinski definition) is 5. The number of aromatic hydroxyl groups is 1. The number of hydrazone groups is 1. The standard InChI is InChI=1S/C15H11BrN2O4/c16-11-5-9(1-3-12(11)19)7-17-18-15(20)10-2-4-13-14(6-10)22-8-21-13/h1-7,19H,8H2,(H,18,20).